The van der Waals surface area contributed by atoms with Crippen LogP contribution in [-0.4, -0.2) is 22.5 Å². The molecule has 2 N–H and O–H groups in total. The molecule has 0 aromatic carbocycles. The van der Waals surface area contributed by atoms with Gasteiger partial charge in [0.05, 0.1) is 11.3 Å². The van der Waals surface area contributed by atoms with E-state index in [1.165, 1.54) is 36.0 Å². The third-order valence-corrected chi connectivity index (χ3v) is 7.43. The fraction of sp³-hybridized carbons (Fsp3) is 0.571. The highest BCUT2D eigenvalue weighted by Crippen LogP contribution is 2.50. The van der Waals surface area contributed by atoms with Crippen LogP contribution in [-0.2, 0) is 15.7 Å². The first kappa shape index (κ1) is 19.3. The lowest BCUT2D eigenvalue weighted by Crippen LogP contribution is -2.32. The predicted octanol–water partition coefficient (Wildman–Crippen LogP) is 4.47. The zero-order valence-corrected chi connectivity index (χ0v) is 17.8. The number of nitrogens with zero attached hydrogens (tertiary/aromatic N) is 3. The molecule has 1 fully saturated rings. The summed E-state index contributed by atoms with van der Waals surface area (Å²) in [7, 11) is 0. The van der Waals surface area contributed by atoms with Crippen LogP contribution in [0.3, 0.4) is 0 Å². The molecular formula is C21H28N4O2S. The molecule has 2 aliphatic carbocycles. The predicted molar refractivity (Wildman–Crippen MR) is 111 cm³/mol. The topological polar surface area (TPSA) is 81.3 Å². The van der Waals surface area contributed by atoms with E-state index in [9.17, 15) is 4.79 Å². The van der Waals surface area contributed by atoms with Gasteiger partial charge < -0.3 is 9.74 Å². The van der Waals surface area contributed by atoms with E-state index in [2.05, 4.69) is 42.4 Å². The van der Waals surface area contributed by atoms with Crippen molar-refractivity contribution in [3.8, 4) is 0 Å². The average molecular weight is 401 g/mol. The number of hydrogen-bond donors (Lipinski definition) is 1. The second-order valence-electron chi connectivity index (χ2n) is 9.31. The summed E-state index contributed by atoms with van der Waals surface area (Å²) in [6, 6.07) is 3.56. The monoisotopic (exact) mass is 400 g/mol. The van der Waals surface area contributed by atoms with Crippen molar-refractivity contribution in [2.24, 2.45) is 11.8 Å². The second-order valence-corrected chi connectivity index (χ2v) is 10.3. The molecular weight excluding hydrogens is 372 g/mol. The van der Waals surface area contributed by atoms with Gasteiger partial charge in [-0.2, -0.15) is 5.90 Å². The van der Waals surface area contributed by atoms with Gasteiger partial charge in [-0.1, -0.05) is 27.7 Å². The van der Waals surface area contributed by atoms with Gasteiger partial charge in [0.2, 0.25) is 0 Å². The van der Waals surface area contributed by atoms with Crippen molar-refractivity contribution in [2.75, 3.05) is 11.4 Å². The van der Waals surface area contributed by atoms with Crippen molar-refractivity contribution in [3.05, 3.63) is 34.5 Å². The lowest BCUT2D eigenvalue weighted by atomic mass is 9.69. The molecule has 2 heterocycles. The van der Waals surface area contributed by atoms with Crippen LogP contribution in [0.5, 0.6) is 0 Å². The van der Waals surface area contributed by atoms with Crippen LogP contribution in [0.4, 0.5) is 10.9 Å². The van der Waals surface area contributed by atoms with Crippen LogP contribution in [0.2, 0.25) is 0 Å². The summed E-state index contributed by atoms with van der Waals surface area (Å²) in [6.07, 6.45) is 6.33. The molecule has 28 heavy (non-hydrogen) atoms. The number of rotatable bonds is 5. The maximum atomic E-state index is 11.6. The SMILES string of the molecule is CC1(C)CCC(C)(C)c2sc(N(CC3CC3)c3ccc(C(=O)ON)cn3)nc21. The van der Waals surface area contributed by atoms with E-state index >= 15 is 0 Å². The Bertz CT molecular complexity index is 851. The van der Waals surface area contributed by atoms with E-state index in [0.29, 0.717) is 11.5 Å². The number of nitrogens with two attached hydrogens (primary N) is 1. The Morgan fingerprint density at radius 3 is 2.54 bits per heavy atom. The molecule has 2 aromatic rings. The Balaban J connectivity index is 1.73. The minimum absolute atomic E-state index is 0.0903. The Labute approximate surface area is 170 Å². The van der Waals surface area contributed by atoms with Crippen LogP contribution in [0.25, 0.3) is 0 Å². The van der Waals surface area contributed by atoms with E-state index in [-0.39, 0.29) is 10.8 Å². The summed E-state index contributed by atoms with van der Waals surface area (Å²) >= 11 is 1.80. The summed E-state index contributed by atoms with van der Waals surface area (Å²) in [6.45, 7) is 10.1. The van der Waals surface area contributed by atoms with Gasteiger partial charge >= 0.3 is 5.97 Å². The summed E-state index contributed by atoms with van der Waals surface area (Å²) in [5.41, 5.74) is 1.81. The molecule has 2 aliphatic rings. The molecule has 0 saturated heterocycles. The molecule has 0 spiro atoms. The molecule has 0 radical (unpaired) electrons. The number of fused-ring (bicyclic) bond motifs is 1. The van der Waals surface area contributed by atoms with Gasteiger partial charge in [-0.05, 0) is 43.7 Å². The third kappa shape index (κ3) is 3.53. The van der Waals surface area contributed by atoms with Gasteiger partial charge in [0.1, 0.15) is 5.82 Å². The standard InChI is InChI=1S/C21H28N4O2S/c1-20(2)9-10-21(3,4)17-16(20)24-19(28-17)25(12-13-5-6-13)15-8-7-14(11-23-15)18(26)27-22/h7-8,11,13H,5-6,9-10,12,22H2,1-4H3. The van der Waals surface area contributed by atoms with Crippen molar-refractivity contribution in [2.45, 2.75) is 64.2 Å². The van der Waals surface area contributed by atoms with Crippen molar-refractivity contribution in [1.29, 1.82) is 0 Å². The lowest BCUT2D eigenvalue weighted by Gasteiger charge is -2.37. The highest BCUT2D eigenvalue weighted by atomic mass is 32.1. The van der Waals surface area contributed by atoms with Crippen molar-refractivity contribution >= 4 is 28.3 Å². The van der Waals surface area contributed by atoms with E-state index in [1.807, 2.05) is 6.07 Å². The fourth-order valence-corrected chi connectivity index (χ4v) is 5.16. The van der Waals surface area contributed by atoms with Gasteiger partial charge in [0.25, 0.3) is 0 Å². The minimum atomic E-state index is -0.582. The molecule has 2 aromatic heterocycles. The Kier molecular flexibility index (Phi) is 4.70. The largest absolute Gasteiger partial charge is 0.370 e. The molecule has 4 rings (SSSR count). The number of carbonyl (C=O) groups is 1. The first-order valence-corrected chi connectivity index (χ1v) is 10.7. The first-order valence-electron chi connectivity index (χ1n) is 9.88. The van der Waals surface area contributed by atoms with Crippen LogP contribution in [0.15, 0.2) is 18.3 Å². The Morgan fingerprint density at radius 2 is 1.96 bits per heavy atom. The first-order chi connectivity index (χ1) is 13.2. The number of thiazole rings is 1. The lowest BCUT2D eigenvalue weighted by molar-refractivity contribution is 0.0503. The fourth-order valence-electron chi connectivity index (χ4n) is 3.76. The number of pyridine rings is 1. The molecule has 0 amide bonds. The van der Waals surface area contributed by atoms with Crippen LogP contribution >= 0.6 is 11.3 Å². The average Bonchev–Trinajstić information content (AvgIpc) is 3.37. The summed E-state index contributed by atoms with van der Waals surface area (Å²) in [5.74, 6) is 5.88. The molecule has 0 atom stereocenters. The number of hydrogen-bond acceptors (Lipinski definition) is 7. The zero-order chi connectivity index (χ0) is 20.1. The molecule has 6 nitrogen and oxygen atoms in total. The second kappa shape index (κ2) is 6.81. The van der Waals surface area contributed by atoms with E-state index in [0.717, 1.165) is 23.9 Å². The van der Waals surface area contributed by atoms with Crippen molar-refractivity contribution in [3.63, 3.8) is 0 Å². The molecule has 0 unspecified atom stereocenters. The number of anilines is 2. The maximum absolute atomic E-state index is 11.6. The minimum Gasteiger partial charge on any atom is -0.370 e. The van der Waals surface area contributed by atoms with Crippen molar-refractivity contribution < 1.29 is 9.63 Å². The van der Waals surface area contributed by atoms with Crippen LogP contribution in [0, 0.1) is 5.92 Å². The smallest absolute Gasteiger partial charge is 0.358 e. The zero-order valence-electron chi connectivity index (χ0n) is 17.0. The summed E-state index contributed by atoms with van der Waals surface area (Å²) in [5, 5.41) is 1.00. The van der Waals surface area contributed by atoms with Crippen LogP contribution in [0.1, 0.15) is 74.3 Å². The van der Waals surface area contributed by atoms with Gasteiger partial charge in [-0.3, -0.25) is 0 Å². The van der Waals surface area contributed by atoms with E-state index < -0.39 is 5.97 Å². The molecule has 0 aliphatic heterocycles. The van der Waals surface area contributed by atoms with Gasteiger partial charge in [-0.25, -0.2) is 14.8 Å². The maximum Gasteiger partial charge on any atom is 0.358 e. The normalized spacial score (nSPS) is 19.8. The Hall–Kier alpha value is -1.99. The van der Waals surface area contributed by atoms with Gasteiger partial charge in [-0.15, -0.1) is 11.3 Å². The number of carbonyl (C=O) groups excluding carboxylic acids is 1. The van der Waals surface area contributed by atoms with Gasteiger partial charge in [0.15, 0.2) is 5.13 Å². The number of aromatic nitrogens is 2. The van der Waals surface area contributed by atoms with E-state index in [1.54, 1.807) is 17.4 Å². The highest BCUT2D eigenvalue weighted by molar-refractivity contribution is 7.16. The molecule has 1 saturated carbocycles. The highest BCUT2D eigenvalue weighted by Gasteiger charge is 2.41. The third-order valence-electron chi connectivity index (χ3n) is 5.98. The van der Waals surface area contributed by atoms with Gasteiger partial charge in [0, 0.05) is 28.4 Å². The van der Waals surface area contributed by atoms with Crippen molar-refractivity contribution in [1.82, 2.24) is 9.97 Å². The molecule has 150 valence electrons. The summed E-state index contributed by atoms with van der Waals surface area (Å²) in [4.78, 5) is 29.2. The Morgan fingerprint density at radius 1 is 1.25 bits per heavy atom. The molecule has 0 bridgehead atoms. The molecule has 7 heteroatoms. The quantitative estimate of drug-likeness (QED) is 0.746. The van der Waals surface area contributed by atoms with E-state index in [4.69, 9.17) is 10.9 Å². The van der Waals surface area contributed by atoms with Crippen LogP contribution < -0.4 is 10.8 Å². The summed E-state index contributed by atoms with van der Waals surface area (Å²) < 4.78 is 0.